The number of hydrogen-bond acceptors (Lipinski definition) is 5. The summed E-state index contributed by atoms with van der Waals surface area (Å²) in [7, 11) is -1.23. The molecule has 1 rings (SSSR count). The molecule has 1 fully saturated rings. The van der Waals surface area contributed by atoms with Crippen LogP contribution in [0.25, 0.3) is 0 Å². The molecule has 0 bridgehead atoms. The topological polar surface area (TPSA) is 89.0 Å². The van der Waals surface area contributed by atoms with E-state index in [4.69, 9.17) is 9.47 Å². The van der Waals surface area contributed by atoms with Crippen LogP contribution in [0.1, 0.15) is 19.8 Å². The average Bonchev–Trinajstić information content (AvgIpc) is 2.77. The number of nitrogens with zero attached hydrogens (tertiary/aromatic N) is 1. The Balaban J connectivity index is 0.00000441. The zero-order valence-electron chi connectivity index (χ0n) is 13.3. The minimum atomic E-state index is -2.87. The van der Waals surface area contributed by atoms with Gasteiger partial charge in [0.2, 0.25) is 0 Å². The Bertz CT molecular complexity index is 418. The van der Waals surface area contributed by atoms with Gasteiger partial charge in [0.05, 0.1) is 24.7 Å². The lowest BCUT2D eigenvalue weighted by atomic mass is 10.3. The van der Waals surface area contributed by atoms with Crippen molar-refractivity contribution in [3.8, 4) is 0 Å². The zero-order valence-corrected chi connectivity index (χ0v) is 16.5. The van der Waals surface area contributed by atoms with Gasteiger partial charge < -0.3 is 20.1 Å². The second-order valence-corrected chi connectivity index (χ2v) is 7.19. The SMILES string of the molecule is CCNC(=NCCCOCCOC)NC1CCS(=O)(=O)C1.I. The van der Waals surface area contributed by atoms with E-state index in [1.165, 1.54) is 0 Å². The number of sulfone groups is 1. The first-order valence-electron chi connectivity index (χ1n) is 7.39. The van der Waals surface area contributed by atoms with Crippen molar-refractivity contribution in [1.82, 2.24) is 10.6 Å². The molecule has 9 heteroatoms. The summed E-state index contributed by atoms with van der Waals surface area (Å²) >= 11 is 0. The standard InChI is InChI=1S/C13H27N3O4S.HI/c1-3-14-13(15-6-4-7-20-9-8-19-2)16-12-5-10-21(17,18)11-12;/h12H,3-11H2,1-2H3,(H2,14,15,16);1H. The molecule has 1 aliphatic rings. The number of halogens is 1. The second-order valence-electron chi connectivity index (χ2n) is 4.96. The van der Waals surface area contributed by atoms with Crippen molar-refractivity contribution in [2.45, 2.75) is 25.8 Å². The fraction of sp³-hybridized carbons (Fsp3) is 0.923. The van der Waals surface area contributed by atoms with E-state index in [1.54, 1.807) is 7.11 Å². The Hall–Kier alpha value is -0.130. The van der Waals surface area contributed by atoms with Crippen LogP contribution in [0.3, 0.4) is 0 Å². The van der Waals surface area contributed by atoms with Gasteiger partial charge in [-0.3, -0.25) is 4.99 Å². The van der Waals surface area contributed by atoms with E-state index in [2.05, 4.69) is 15.6 Å². The Labute approximate surface area is 150 Å². The molecule has 1 saturated heterocycles. The van der Waals surface area contributed by atoms with Crippen LogP contribution in [-0.2, 0) is 19.3 Å². The fourth-order valence-corrected chi connectivity index (χ4v) is 3.70. The monoisotopic (exact) mass is 449 g/mol. The van der Waals surface area contributed by atoms with E-state index >= 15 is 0 Å². The quantitative estimate of drug-likeness (QED) is 0.229. The number of nitrogens with one attached hydrogen (secondary N) is 2. The summed E-state index contributed by atoms with van der Waals surface area (Å²) in [5, 5.41) is 6.31. The lowest BCUT2D eigenvalue weighted by Gasteiger charge is -2.15. The first kappa shape index (κ1) is 21.9. The van der Waals surface area contributed by atoms with Gasteiger partial charge in [-0.05, 0) is 19.8 Å². The maximum Gasteiger partial charge on any atom is 0.191 e. The van der Waals surface area contributed by atoms with Crippen molar-refractivity contribution in [3.63, 3.8) is 0 Å². The molecule has 0 saturated carbocycles. The van der Waals surface area contributed by atoms with Crippen molar-refractivity contribution in [2.24, 2.45) is 4.99 Å². The number of aliphatic imine (C=N–C) groups is 1. The van der Waals surface area contributed by atoms with E-state index in [9.17, 15) is 8.42 Å². The smallest absolute Gasteiger partial charge is 0.191 e. The molecule has 0 aromatic rings. The van der Waals surface area contributed by atoms with E-state index < -0.39 is 9.84 Å². The molecule has 0 aliphatic carbocycles. The van der Waals surface area contributed by atoms with E-state index in [0.717, 1.165) is 13.0 Å². The first-order valence-corrected chi connectivity index (χ1v) is 9.21. The van der Waals surface area contributed by atoms with Gasteiger partial charge in [0.25, 0.3) is 0 Å². The van der Waals surface area contributed by atoms with Gasteiger partial charge in [-0.15, -0.1) is 24.0 Å². The summed E-state index contributed by atoms with van der Waals surface area (Å²) in [6, 6.07) is -0.0363. The maximum absolute atomic E-state index is 11.4. The third-order valence-corrected chi connectivity index (χ3v) is 4.83. The Morgan fingerprint density at radius 1 is 1.32 bits per heavy atom. The average molecular weight is 449 g/mol. The van der Waals surface area contributed by atoms with Crippen LogP contribution >= 0.6 is 24.0 Å². The van der Waals surface area contributed by atoms with Gasteiger partial charge in [0.1, 0.15) is 0 Å². The lowest BCUT2D eigenvalue weighted by Crippen LogP contribution is -2.44. The van der Waals surface area contributed by atoms with Gasteiger partial charge in [-0.1, -0.05) is 0 Å². The van der Waals surface area contributed by atoms with Crippen LogP contribution in [0, 0.1) is 0 Å². The Morgan fingerprint density at radius 2 is 2.09 bits per heavy atom. The van der Waals surface area contributed by atoms with Crippen LogP contribution in [0.4, 0.5) is 0 Å². The molecule has 7 nitrogen and oxygen atoms in total. The molecule has 1 heterocycles. The molecular formula is C13H28IN3O4S. The molecule has 22 heavy (non-hydrogen) atoms. The number of hydrogen-bond donors (Lipinski definition) is 2. The maximum atomic E-state index is 11.4. The van der Waals surface area contributed by atoms with Crippen molar-refractivity contribution < 1.29 is 17.9 Å². The van der Waals surface area contributed by atoms with Crippen molar-refractivity contribution in [2.75, 3.05) is 51.5 Å². The van der Waals surface area contributed by atoms with E-state index in [-0.39, 0.29) is 41.5 Å². The van der Waals surface area contributed by atoms with Crippen LogP contribution in [0.2, 0.25) is 0 Å². The van der Waals surface area contributed by atoms with Crippen LogP contribution in [0.5, 0.6) is 0 Å². The highest BCUT2D eigenvalue weighted by molar-refractivity contribution is 14.0. The first-order chi connectivity index (χ1) is 10.1. The molecule has 132 valence electrons. The molecular weight excluding hydrogens is 421 g/mol. The number of guanidine groups is 1. The van der Waals surface area contributed by atoms with Gasteiger partial charge >= 0.3 is 0 Å². The minimum Gasteiger partial charge on any atom is -0.382 e. The molecule has 0 aromatic carbocycles. The highest BCUT2D eigenvalue weighted by atomic mass is 127. The predicted octanol–water partition coefficient (Wildman–Crippen LogP) is 0.400. The largest absolute Gasteiger partial charge is 0.382 e. The molecule has 0 amide bonds. The highest BCUT2D eigenvalue weighted by Gasteiger charge is 2.28. The second kappa shape index (κ2) is 12.3. The predicted molar refractivity (Wildman–Crippen MR) is 98.9 cm³/mol. The Kier molecular flexibility index (Phi) is 12.2. The lowest BCUT2D eigenvalue weighted by molar-refractivity contribution is 0.0702. The minimum absolute atomic E-state index is 0. The number of methoxy groups -OCH3 is 1. The van der Waals surface area contributed by atoms with E-state index in [0.29, 0.717) is 38.7 Å². The number of ether oxygens (including phenoxy) is 2. The molecule has 1 aliphatic heterocycles. The zero-order chi connectivity index (χ0) is 15.6. The van der Waals surface area contributed by atoms with Crippen LogP contribution in [0.15, 0.2) is 4.99 Å². The van der Waals surface area contributed by atoms with E-state index in [1.807, 2.05) is 6.92 Å². The van der Waals surface area contributed by atoms with Crippen molar-refractivity contribution >= 4 is 39.8 Å². The van der Waals surface area contributed by atoms with Crippen molar-refractivity contribution in [3.05, 3.63) is 0 Å². The summed E-state index contributed by atoms with van der Waals surface area (Å²) in [6.45, 7) is 5.21. The molecule has 1 unspecified atom stereocenters. The highest BCUT2D eigenvalue weighted by Crippen LogP contribution is 2.10. The molecule has 1 atom stereocenters. The normalized spacial score (nSPS) is 20.5. The van der Waals surface area contributed by atoms with Gasteiger partial charge in [-0.2, -0.15) is 0 Å². The molecule has 0 spiro atoms. The number of rotatable bonds is 9. The van der Waals surface area contributed by atoms with Crippen molar-refractivity contribution in [1.29, 1.82) is 0 Å². The van der Waals surface area contributed by atoms with Gasteiger partial charge in [0, 0.05) is 32.8 Å². The molecule has 2 N–H and O–H groups in total. The third-order valence-electron chi connectivity index (χ3n) is 3.07. The fourth-order valence-electron chi connectivity index (χ4n) is 2.02. The summed E-state index contributed by atoms with van der Waals surface area (Å²) < 4.78 is 33.1. The third kappa shape index (κ3) is 9.80. The van der Waals surface area contributed by atoms with Crippen LogP contribution in [-0.4, -0.2) is 71.9 Å². The molecule has 0 aromatic heterocycles. The van der Waals surface area contributed by atoms with Gasteiger partial charge in [-0.25, -0.2) is 8.42 Å². The summed E-state index contributed by atoms with van der Waals surface area (Å²) in [5.41, 5.74) is 0. The molecule has 0 radical (unpaired) electrons. The Morgan fingerprint density at radius 3 is 2.68 bits per heavy atom. The summed E-state index contributed by atoms with van der Waals surface area (Å²) in [5.74, 6) is 1.13. The summed E-state index contributed by atoms with van der Waals surface area (Å²) in [4.78, 5) is 4.43. The van der Waals surface area contributed by atoms with Gasteiger partial charge in [0.15, 0.2) is 15.8 Å². The van der Waals surface area contributed by atoms with Crippen LogP contribution < -0.4 is 10.6 Å². The summed E-state index contributed by atoms with van der Waals surface area (Å²) in [6.07, 6.45) is 1.47.